The third kappa shape index (κ3) is 2.32. The lowest BCUT2D eigenvalue weighted by Gasteiger charge is -2.12. The number of anilines is 1. The number of aromatic nitrogens is 3. The lowest BCUT2D eigenvalue weighted by molar-refractivity contribution is 0.417. The van der Waals surface area contributed by atoms with Crippen LogP contribution in [0, 0.1) is 0 Å². The first-order valence-electron chi connectivity index (χ1n) is 8.02. The van der Waals surface area contributed by atoms with E-state index in [1.54, 1.807) is 13.4 Å². The monoisotopic (exact) mass is 308 g/mol. The van der Waals surface area contributed by atoms with Crippen molar-refractivity contribution in [3.8, 4) is 16.9 Å². The Morgan fingerprint density at radius 1 is 1.26 bits per heavy atom. The van der Waals surface area contributed by atoms with Crippen LogP contribution in [0.3, 0.4) is 0 Å². The third-order valence-electron chi connectivity index (χ3n) is 4.76. The first-order chi connectivity index (χ1) is 11.3. The molecule has 0 unspecified atom stereocenters. The van der Waals surface area contributed by atoms with E-state index >= 15 is 0 Å². The van der Waals surface area contributed by atoms with Gasteiger partial charge in [-0.25, -0.2) is 9.97 Å². The highest BCUT2D eigenvalue weighted by Crippen LogP contribution is 2.38. The van der Waals surface area contributed by atoms with Crippen LogP contribution < -0.4 is 10.5 Å². The zero-order valence-electron chi connectivity index (χ0n) is 13.2. The molecule has 23 heavy (non-hydrogen) atoms. The van der Waals surface area contributed by atoms with Gasteiger partial charge in [0.1, 0.15) is 17.7 Å². The number of methoxy groups -OCH3 is 1. The van der Waals surface area contributed by atoms with Crippen LogP contribution in [-0.2, 0) is 0 Å². The number of hydrogen-bond donors (Lipinski definition) is 1. The Balaban J connectivity index is 1.90. The maximum absolute atomic E-state index is 5.94. The molecular weight excluding hydrogens is 288 g/mol. The summed E-state index contributed by atoms with van der Waals surface area (Å²) in [4.78, 5) is 8.75. The molecule has 1 aliphatic rings. The average molecular weight is 308 g/mol. The summed E-state index contributed by atoms with van der Waals surface area (Å²) in [6.07, 6.45) is 10.8. The van der Waals surface area contributed by atoms with Gasteiger partial charge in [0.25, 0.3) is 0 Å². The van der Waals surface area contributed by atoms with Crippen molar-refractivity contribution in [2.24, 2.45) is 0 Å². The molecule has 0 aliphatic heterocycles. The molecule has 2 aromatic heterocycles. The summed E-state index contributed by atoms with van der Waals surface area (Å²) in [5, 5.41) is 1.08. The normalized spacial score (nSPS) is 15.3. The lowest BCUT2D eigenvalue weighted by atomic mass is 10.1. The number of rotatable bonds is 3. The molecule has 2 N–H and O–H groups in total. The Morgan fingerprint density at radius 2 is 2.09 bits per heavy atom. The predicted molar refractivity (Wildman–Crippen MR) is 91.4 cm³/mol. The smallest absolute Gasteiger partial charge is 0.144 e. The van der Waals surface area contributed by atoms with Gasteiger partial charge in [0.2, 0.25) is 0 Å². The Hall–Kier alpha value is -2.56. The van der Waals surface area contributed by atoms with Gasteiger partial charge in [-0.3, -0.25) is 0 Å². The SMILES string of the molecule is COc1cc(-c2cn(C3CCCC3)c3ncncc23)ccc1N. The van der Waals surface area contributed by atoms with E-state index in [1.807, 2.05) is 24.4 Å². The van der Waals surface area contributed by atoms with Crippen molar-refractivity contribution in [1.29, 1.82) is 0 Å². The fraction of sp³-hybridized carbons (Fsp3) is 0.333. The van der Waals surface area contributed by atoms with Gasteiger partial charge >= 0.3 is 0 Å². The second-order valence-corrected chi connectivity index (χ2v) is 6.11. The van der Waals surface area contributed by atoms with Crippen LogP contribution in [-0.4, -0.2) is 21.6 Å². The number of nitrogen functional groups attached to an aromatic ring is 1. The van der Waals surface area contributed by atoms with Crippen molar-refractivity contribution >= 4 is 16.7 Å². The minimum absolute atomic E-state index is 0.539. The third-order valence-corrected chi connectivity index (χ3v) is 4.76. The topological polar surface area (TPSA) is 66.0 Å². The second kappa shape index (κ2) is 5.57. The number of nitrogens with two attached hydrogens (primary N) is 1. The van der Waals surface area contributed by atoms with Gasteiger partial charge < -0.3 is 15.0 Å². The van der Waals surface area contributed by atoms with Crippen molar-refractivity contribution in [2.45, 2.75) is 31.7 Å². The van der Waals surface area contributed by atoms with E-state index in [9.17, 15) is 0 Å². The largest absolute Gasteiger partial charge is 0.495 e. The maximum atomic E-state index is 5.94. The molecule has 3 aromatic rings. The van der Waals surface area contributed by atoms with Gasteiger partial charge in [-0.2, -0.15) is 0 Å². The standard InChI is InChI=1S/C18H20N4O/c1-23-17-8-12(6-7-16(17)19)15-10-22(13-4-2-3-5-13)18-14(15)9-20-11-21-18/h6-11,13H,2-5,19H2,1H3. The summed E-state index contributed by atoms with van der Waals surface area (Å²) >= 11 is 0. The van der Waals surface area contributed by atoms with Crippen molar-refractivity contribution in [1.82, 2.24) is 14.5 Å². The summed E-state index contributed by atoms with van der Waals surface area (Å²) < 4.78 is 7.68. The summed E-state index contributed by atoms with van der Waals surface area (Å²) in [6.45, 7) is 0. The maximum Gasteiger partial charge on any atom is 0.144 e. The highest BCUT2D eigenvalue weighted by molar-refractivity contribution is 5.94. The highest BCUT2D eigenvalue weighted by Gasteiger charge is 2.21. The van der Waals surface area contributed by atoms with Crippen LogP contribution in [0.2, 0.25) is 0 Å². The molecule has 0 radical (unpaired) electrons. The Kier molecular flexibility index (Phi) is 3.41. The first kappa shape index (κ1) is 14.1. The number of benzene rings is 1. The molecule has 1 fully saturated rings. The van der Waals surface area contributed by atoms with Gasteiger partial charge in [0.15, 0.2) is 0 Å². The van der Waals surface area contributed by atoms with Crippen molar-refractivity contribution in [3.63, 3.8) is 0 Å². The van der Waals surface area contributed by atoms with Crippen molar-refractivity contribution in [3.05, 3.63) is 36.9 Å². The van der Waals surface area contributed by atoms with E-state index in [1.165, 1.54) is 25.7 Å². The Morgan fingerprint density at radius 3 is 2.87 bits per heavy atom. The molecule has 4 rings (SSSR count). The number of hydrogen-bond acceptors (Lipinski definition) is 4. The van der Waals surface area contributed by atoms with Gasteiger partial charge in [0.05, 0.1) is 12.8 Å². The predicted octanol–water partition coefficient (Wildman–Crippen LogP) is 3.80. The molecule has 1 aliphatic carbocycles. The van der Waals surface area contributed by atoms with Crippen LogP contribution >= 0.6 is 0 Å². The van der Waals surface area contributed by atoms with E-state index in [2.05, 4.69) is 20.7 Å². The van der Waals surface area contributed by atoms with E-state index < -0.39 is 0 Å². The van der Waals surface area contributed by atoms with E-state index in [0.29, 0.717) is 17.5 Å². The van der Waals surface area contributed by atoms with Gasteiger partial charge in [-0.15, -0.1) is 0 Å². The van der Waals surface area contributed by atoms with Crippen LogP contribution in [0.15, 0.2) is 36.9 Å². The molecule has 0 spiro atoms. The Bertz CT molecular complexity index is 849. The molecular formula is C18H20N4O. The van der Waals surface area contributed by atoms with Crippen molar-refractivity contribution in [2.75, 3.05) is 12.8 Å². The lowest BCUT2D eigenvalue weighted by Crippen LogP contribution is -2.03. The molecule has 5 heteroatoms. The van der Waals surface area contributed by atoms with Crippen LogP contribution in [0.5, 0.6) is 5.75 Å². The first-order valence-corrected chi connectivity index (χ1v) is 8.02. The molecule has 118 valence electrons. The molecule has 0 amide bonds. The quantitative estimate of drug-likeness (QED) is 0.747. The molecule has 5 nitrogen and oxygen atoms in total. The summed E-state index contributed by atoms with van der Waals surface area (Å²) in [5.41, 5.74) is 9.80. The fourth-order valence-electron chi connectivity index (χ4n) is 3.56. The summed E-state index contributed by atoms with van der Waals surface area (Å²) in [6, 6.07) is 6.43. The van der Waals surface area contributed by atoms with E-state index in [4.69, 9.17) is 10.5 Å². The number of ether oxygens (including phenoxy) is 1. The molecule has 0 bridgehead atoms. The minimum atomic E-state index is 0.539. The van der Waals surface area contributed by atoms with Gasteiger partial charge in [-0.1, -0.05) is 18.9 Å². The molecule has 0 saturated heterocycles. The van der Waals surface area contributed by atoms with E-state index in [0.717, 1.165) is 22.2 Å². The van der Waals surface area contributed by atoms with Crippen molar-refractivity contribution < 1.29 is 4.74 Å². The van der Waals surface area contributed by atoms with Gasteiger partial charge in [-0.05, 0) is 30.5 Å². The van der Waals surface area contributed by atoms with Crippen LogP contribution in [0.1, 0.15) is 31.7 Å². The molecule has 1 aromatic carbocycles. The molecule has 1 saturated carbocycles. The zero-order chi connectivity index (χ0) is 15.8. The average Bonchev–Trinajstić information content (AvgIpc) is 3.22. The number of nitrogens with zero attached hydrogens (tertiary/aromatic N) is 3. The van der Waals surface area contributed by atoms with Crippen LogP contribution in [0.25, 0.3) is 22.2 Å². The summed E-state index contributed by atoms with van der Waals surface area (Å²) in [7, 11) is 1.64. The number of fused-ring (bicyclic) bond motifs is 1. The molecule has 0 atom stereocenters. The summed E-state index contributed by atoms with van der Waals surface area (Å²) in [5.74, 6) is 0.695. The van der Waals surface area contributed by atoms with E-state index in [-0.39, 0.29) is 0 Å². The fourth-order valence-corrected chi connectivity index (χ4v) is 3.56. The Labute approximate surface area is 135 Å². The van der Waals surface area contributed by atoms with Crippen LogP contribution in [0.4, 0.5) is 5.69 Å². The zero-order valence-corrected chi connectivity index (χ0v) is 13.2. The van der Waals surface area contributed by atoms with Gasteiger partial charge in [0, 0.05) is 29.4 Å². The minimum Gasteiger partial charge on any atom is -0.495 e. The molecule has 2 heterocycles. The second-order valence-electron chi connectivity index (χ2n) is 6.11. The highest BCUT2D eigenvalue weighted by atomic mass is 16.5.